The van der Waals surface area contributed by atoms with Gasteiger partial charge in [-0.15, -0.1) is 0 Å². The first-order chi connectivity index (χ1) is 11.3. The van der Waals surface area contributed by atoms with Crippen molar-refractivity contribution < 1.29 is 9.47 Å². The monoisotopic (exact) mass is 314 g/mol. The summed E-state index contributed by atoms with van der Waals surface area (Å²) >= 11 is 0. The third kappa shape index (κ3) is 4.62. The first-order valence-electron chi connectivity index (χ1n) is 8.16. The van der Waals surface area contributed by atoms with Crippen molar-refractivity contribution in [2.24, 2.45) is 0 Å². The molecular formula is C19H26N2O2. The maximum atomic E-state index is 5.39. The molecule has 0 aliphatic carbocycles. The van der Waals surface area contributed by atoms with Gasteiger partial charge in [0.15, 0.2) is 0 Å². The van der Waals surface area contributed by atoms with Gasteiger partial charge in [0, 0.05) is 12.7 Å². The average Bonchev–Trinajstić information content (AvgIpc) is 2.62. The van der Waals surface area contributed by atoms with Crippen molar-refractivity contribution in [1.29, 1.82) is 0 Å². The van der Waals surface area contributed by atoms with Crippen molar-refractivity contribution in [2.45, 2.75) is 32.1 Å². The molecule has 1 N–H and O–H groups in total. The molecule has 1 unspecified atom stereocenters. The number of ether oxygens (including phenoxy) is 2. The lowest BCUT2D eigenvalue weighted by molar-refractivity contribution is 0.344. The molecule has 124 valence electrons. The van der Waals surface area contributed by atoms with Gasteiger partial charge in [0.1, 0.15) is 0 Å². The molecule has 0 saturated carbocycles. The Balaban J connectivity index is 1.88. The molecule has 0 radical (unpaired) electrons. The highest BCUT2D eigenvalue weighted by atomic mass is 16.5. The van der Waals surface area contributed by atoms with Crippen LogP contribution in [0.25, 0.3) is 0 Å². The predicted molar refractivity (Wildman–Crippen MR) is 94.5 cm³/mol. The molecular weight excluding hydrogens is 288 g/mol. The van der Waals surface area contributed by atoms with Crippen LogP contribution in [0.2, 0.25) is 0 Å². The van der Waals surface area contributed by atoms with E-state index in [1.165, 1.54) is 5.56 Å². The van der Waals surface area contributed by atoms with Crippen LogP contribution in [0.4, 0.5) is 5.69 Å². The van der Waals surface area contributed by atoms with Crippen LogP contribution in [0, 0.1) is 0 Å². The van der Waals surface area contributed by atoms with Gasteiger partial charge < -0.3 is 14.8 Å². The summed E-state index contributed by atoms with van der Waals surface area (Å²) < 4.78 is 10.6. The van der Waals surface area contributed by atoms with Gasteiger partial charge in [0.25, 0.3) is 5.88 Å². The van der Waals surface area contributed by atoms with Gasteiger partial charge in [-0.1, -0.05) is 37.3 Å². The second kappa shape index (κ2) is 9.03. The Bertz CT molecular complexity index is 587. The Kier molecular flexibility index (Phi) is 6.73. The number of hydrogen-bond donors (Lipinski definition) is 1. The van der Waals surface area contributed by atoms with Crippen LogP contribution in [0.1, 0.15) is 37.7 Å². The lowest BCUT2D eigenvalue weighted by Crippen LogP contribution is -2.07. The normalized spacial score (nSPS) is 11.8. The summed E-state index contributed by atoms with van der Waals surface area (Å²) in [6.07, 6.45) is 5.15. The van der Waals surface area contributed by atoms with E-state index < -0.39 is 0 Å². The van der Waals surface area contributed by atoms with Gasteiger partial charge in [0.2, 0.25) is 5.75 Å². The van der Waals surface area contributed by atoms with E-state index in [0.29, 0.717) is 17.5 Å². The number of methoxy groups -OCH3 is 2. The van der Waals surface area contributed by atoms with Crippen LogP contribution in [0.15, 0.2) is 42.6 Å². The molecule has 0 spiro atoms. The molecule has 0 amide bonds. The molecule has 0 fully saturated rings. The molecule has 1 aromatic heterocycles. The Morgan fingerprint density at radius 1 is 1.09 bits per heavy atom. The Hall–Kier alpha value is -2.23. The molecule has 1 atom stereocenters. The van der Waals surface area contributed by atoms with Crippen molar-refractivity contribution in [3.63, 3.8) is 0 Å². The van der Waals surface area contributed by atoms with Gasteiger partial charge in [-0.2, -0.15) is 0 Å². The second-order valence-electron chi connectivity index (χ2n) is 5.49. The zero-order chi connectivity index (χ0) is 16.5. The molecule has 4 nitrogen and oxygen atoms in total. The van der Waals surface area contributed by atoms with Gasteiger partial charge in [-0.25, -0.2) is 4.98 Å². The van der Waals surface area contributed by atoms with Crippen LogP contribution in [0.5, 0.6) is 11.6 Å². The topological polar surface area (TPSA) is 43.4 Å². The van der Waals surface area contributed by atoms with Crippen molar-refractivity contribution >= 4 is 5.69 Å². The fraction of sp³-hybridized carbons (Fsp3) is 0.421. The van der Waals surface area contributed by atoms with Gasteiger partial charge in [0.05, 0.1) is 19.9 Å². The molecule has 4 heteroatoms. The number of nitrogens with one attached hydrogen (secondary N) is 1. The molecule has 0 aliphatic heterocycles. The summed E-state index contributed by atoms with van der Waals surface area (Å²) in [5, 5.41) is 3.42. The second-order valence-corrected chi connectivity index (χ2v) is 5.49. The molecule has 1 heterocycles. The number of benzene rings is 1. The maximum Gasteiger partial charge on any atom is 0.258 e. The van der Waals surface area contributed by atoms with E-state index in [1.807, 2.05) is 6.07 Å². The lowest BCUT2D eigenvalue weighted by Gasteiger charge is -2.16. The van der Waals surface area contributed by atoms with Crippen LogP contribution in [0.3, 0.4) is 0 Å². The summed E-state index contributed by atoms with van der Waals surface area (Å²) in [5.74, 6) is 1.78. The third-order valence-electron chi connectivity index (χ3n) is 4.08. The Labute approximate surface area is 138 Å². The predicted octanol–water partition coefficient (Wildman–Crippen LogP) is 4.48. The van der Waals surface area contributed by atoms with Gasteiger partial charge in [-0.05, 0) is 36.8 Å². The van der Waals surface area contributed by atoms with Crippen LogP contribution >= 0.6 is 0 Å². The lowest BCUT2D eigenvalue weighted by atomic mass is 9.92. The van der Waals surface area contributed by atoms with E-state index in [1.54, 1.807) is 20.4 Å². The number of anilines is 1. The number of nitrogens with zero attached hydrogens (tertiary/aromatic N) is 1. The number of hydrogen-bond acceptors (Lipinski definition) is 4. The van der Waals surface area contributed by atoms with Gasteiger partial charge >= 0.3 is 0 Å². The number of rotatable bonds is 9. The van der Waals surface area contributed by atoms with Crippen molar-refractivity contribution in [2.75, 3.05) is 26.1 Å². The molecule has 0 saturated heterocycles. The fourth-order valence-corrected chi connectivity index (χ4v) is 2.81. The molecule has 1 aromatic carbocycles. The van der Waals surface area contributed by atoms with Crippen LogP contribution < -0.4 is 14.8 Å². The summed E-state index contributed by atoms with van der Waals surface area (Å²) in [7, 11) is 3.23. The van der Waals surface area contributed by atoms with Crippen molar-refractivity contribution in [3.8, 4) is 11.6 Å². The quantitative estimate of drug-likeness (QED) is 0.693. The van der Waals surface area contributed by atoms with Crippen molar-refractivity contribution in [1.82, 2.24) is 4.98 Å². The van der Waals surface area contributed by atoms with E-state index in [9.17, 15) is 0 Å². The first-order valence-corrected chi connectivity index (χ1v) is 8.16. The highest BCUT2D eigenvalue weighted by Gasteiger charge is 2.11. The van der Waals surface area contributed by atoms with Crippen molar-refractivity contribution in [3.05, 3.63) is 48.2 Å². The third-order valence-corrected chi connectivity index (χ3v) is 4.08. The standard InChI is InChI=1S/C19H26N2O2/c1-4-15(16-9-6-5-7-10-16)11-8-13-20-17-12-14-21-19(23-3)18(17)22-2/h5-7,9-10,12,14-15H,4,8,11,13H2,1-3H3,(H,20,21). The average molecular weight is 314 g/mol. The zero-order valence-electron chi connectivity index (χ0n) is 14.2. The van der Waals surface area contributed by atoms with Crippen LogP contribution in [-0.2, 0) is 0 Å². The van der Waals surface area contributed by atoms with E-state index in [2.05, 4.69) is 47.6 Å². The molecule has 2 aromatic rings. The SMILES string of the molecule is CCC(CCCNc1ccnc(OC)c1OC)c1ccccc1. The summed E-state index contributed by atoms with van der Waals surface area (Å²) in [4.78, 5) is 4.15. The summed E-state index contributed by atoms with van der Waals surface area (Å²) in [6.45, 7) is 3.15. The number of aromatic nitrogens is 1. The molecule has 23 heavy (non-hydrogen) atoms. The largest absolute Gasteiger partial charge is 0.490 e. The highest BCUT2D eigenvalue weighted by Crippen LogP contribution is 2.32. The Morgan fingerprint density at radius 2 is 1.87 bits per heavy atom. The van der Waals surface area contributed by atoms with Gasteiger partial charge in [-0.3, -0.25) is 0 Å². The minimum absolute atomic E-state index is 0.508. The van der Waals surface area contributed by atoms with Crippen LogP contribution in [-0.4, -0.2) is 25.7 Å². The smallest absolute Gasteiger partial charge is 0.258 e. The first kappa shape index (κ1) is 17.1. The minimum Gasteiger partial charge on any atom is -0.490 e. The Morgan fingerprint density at radius 3 is 2.52 bits per heavy atom. The van der Waals surface area contributed by atoms with E-state index in [4.69, 9.17) is 9.47 Å². The molecule has 2 rings (SSSR count). The summed E-state index contributed by atoms with van der Waals surface area (Å²) in [5.41, 5.74) is 2.35. The van der Waals surface area contributed by atoms with E-state index in [0.717, 1.165) is 31.5 Å². The number of pyridine rings is 1. The maximum absolute atomic E-state index is 5.39. The highest BCUT2D eigenvalue weighted by molar-refractivity contribution is 5.60. The summed E-state index contributed by atoms with van der Waals surface area (Å²) in [6, 6.07) is 12.7. The van der Waals surface area contributed by atoms with E-state index in [-0.39, 0.29) is 0 Å². The molecule has 0 bridgehead atoms. The fourth-order valence-electron chi connectivity index (χ4n) is 2.81. The zero-order valence-corrected chi connectivity index (χ0v) is 14.2. The van der Waals surface area contributed by atoms with E-state index >= 15 is 0 Å². The minimum atomic E-state index is 0.508. The molecule has 0 aliphatic rings.